The molecule has 0 atom stereocenters. The van der Waals surface area contributed by atoms with Crippen LogP contribution in [0, 0.1) is 0 Å². The summed E-state index contributed by atoms with van der Waals surface area (Å²) in [6, 6.07) is 56.2. The van der Waals surface area contributed by atoms with Crippen LogP contribution in [0.2, 0.25) is 0 Å². The van der Waals surface area contributed by atoms with Crippen molar-refractivity contribution < 1.29 is 42.8 Å². The number of fused-ring (bicyclic) bond motifs is 7. The highest BCUT2D eigenvalue weighted by Crippen LogP contribution is 2.47. The summed E-state index contributed by atoms with van der Waals surface area (Å²) in [7, 11) is 0. The van der Waals surface area contributed by atoms with Gasteiger partial charge >= 0.3 is 6.01 Å². The highest BCUT2D eigenvalue weighted by molar-refractivity contribution is 6.42. The lowest BCUT2D eigenvalue weighted by molar-refractivity contribution is 0.0904. The Morgan fingerprint density at radius 3 is 1.44 bits per heavy atom. The van der Waals surface area contributed by atoms with Gasteiger partial charge in [0, 0.05) is 44.7 Å². The van der Waals surface area contributed by atoms with Gasteiger partial charge < -0.3 is 8.98 Å². The third kappa shape index (κ3) is 6.45. The number of imide groups is 4. The lowest BCUT2D eigenvalue weighted by Gasteiger charge is -2.22. The van der Waals surface area contributed by atoms with E-state index in [1.165, 1.54) is 17.0 Å². The zero-order valence-electron chi connectivity index (χ0n) is 45.0. The summed E-state index contributed by atoms with van der Waals surface area (Å²) in [6.45, 7) is 2.81. The van der Waals surface area contributed by atoms with Crippen molar-refractivity contribution in [3.8, 4) is 33.7 Å². The van der Waals surface area contributed by atoms with Crippen molar-refractivity contribution >= 4 is 124 Å². The smallest absolute Gasteiger partial charge is 0.332 e. The molecule has 0 saturated heterocycles. The molecular formula is C70H37N7O9. The Bertz CT molecular complexity index is 5390. The molecule has 0 bridgehead atoms. The monoisotopic (exact) mass is 1120 g/mol. The number of carbonyl (C=O) groups excluding carboxylic acids is 8. The maximum absolute atomic E-state index is 15.1. The Hall–Kier alpha value is -12.0. The molecule has 0 saturated carbocycles. The van der Waals surface area contributed by atoms with Crippen molar-refractivity contribution in [1.29, 1.82) is 0 Å². The normalized spacial score (nSPS) is 14.7. The molecule has 13 aromatic rings. The summed E-state index contributed by atoms with van der Waals surface area (Å²) in [5.41, 5.74) is 6.47. The summed E-state index contributed by atoms with van der Waals surface area (Å²) in [4.78, 5) is 120. The lowest BCUT2D eigenvalue weighted by Crippen LogP contribution is -2.30. The third-order valence-electron chi connectivity index (χ3n) is 17.3. The number of hydrogen-bond donors (Lipinski definition) is 0. The van der Waals surface area contributed by atoms with Crippen LogP contribution in [0.4, 0.5) is 23.1 Å². The van der Waals surface area contributed by atoms with E-state index in [0.717, 1.165) is 53.8 Å². The van der Waals surface area contributed by atoms with Crippen LogP contribution in [0.3, 0.4) is 0 Å². The van der Waals surface area contributed by atoms with E-state index in [9.17, 15) is 33.6 Å². The van der Waals surface area contributed by atoms with Gasteiger partial charge in [-0.25, -0.2) is 14.7 Å². The van der Waals surface area contributed by atoms with Crippen molar-refractivity contribution in [2.24, 2.45) is 0 Å². The van der Waals surface area contributed by atoms with Crippen molar-refractivity contribution in [2.75, 3.05) is 19.6 Å². The van der Waals surface area contributed by atoms with E-state index < -0.39 is 47.3 Å². The van der Waals surface area contributed by atoms with Crippen molar-refractivity contribution in [3.63, 3.8) is 0 Å². The molecule has 16 heteroatoms. The van der Waals surface area contributed by atoms with E-state index in [2.05, 4.69) is 27.8 Å². The number of hydrogen-bond acceptors (Lipinski definition) is 11. The van der Waals surface area contributed by atoms with Gasteiger partial charge in [0.2, 0.25) is 5.89 Å². The number of rotatable bonds is 8. The van der Waals surface area contributed by atoms with Gasteiger partial charge in [0.05, 0.1) is 61.6 Å². The fourth-order valence-corrected chi connectivity index (χ4v) is 13.4. The van der Waals surface area contributed by atoms with Crippen LogP contribution in [0.5, 0.6) is 0 Å². The van der Waals surface area contributed by atoms with Crippen LogP contribution in [0.1, 0.15) is 89.8 Å². The summed E-state index contributed by atoms with van der Waals surface area (Å²) in [6.07, 6.45) is 0. The third-order valence-corrected chi connectivity index (χ3v) is 17.3. The number of para-hydroxylation sites is 1. The van der Waals surface area contributed by atoms with E-state index in [4.69, 9.17) is 4.42 Å². The SMILES string of the molecule is CCn1c2ccccc2c2cc(N3C(=O)c4ccc(-c5cccc6c5C(=O)N(c5ccc7ccc8c(N9C(=O)c%10cccc(-c%11ccc%12c(c%11)C(=O)N(c%11nnc(-c%13ccccc%13)o%11)C%12=O)c%10C9=O)ccc9ccc5c7c98)C6=O)cc4C3=O)ccc21. The second-order valence-electron chi connectivity index (χ2n) is 21.6. The molecule has 0 aliphatic carbocycles. The van der Waals surface area contributed by atoms with Gasteiger partial charge in [0.25, 0.3) is 47.3 Å². The minimum Gasteiger partial charge on any atom is -0.403 e. The summed E-state index contributed by atoms with van der Waals surface area (Å²) >= 11 is 0. The number of carbonyl (C=O) groups is 8. The molecule has 0 spiro atoms. The lowest BCUT2D eigenvalue weighted by atomic mass is 9.92. The average molecular weight is 1120 g/mol. The molecule has 0 N–H and O–H groups in total. The fourth-order valence-electron chi connectivity index (χ4n) is 13.4. The Morgan fingerprint density at radius 2 is 0.849 bits per heavy atom. The Balaban J connectivity index is 0.692. The van der Waals surface area contributed by atoms with Crippen LogP contribution < -0.4 is 19.6 Å². The van der Waals surface area contributed by atoms with E-state index in [1.807, 2.05) is 72.8 Å². The number of anilines is 4. The first-order valence-electron chi connectivity index (χ1n) is 27.7. The largest absolute Gasteiger partial charge is 0.403 e. The predicted octanol–water partition coefficient (Wildman–Crippen LogP) is 13.3. The molecule has 2 aromatic heterocycles. The highest BCUT2D eigenvalue weighted by atomic mass is 16.4. The maximum Gasteiger partial charge on any atom is 0.332 e. The molecule has 406 valence electrons. The Morgan fingerprint density at radius 1 is 0.349 bits per heavy atom. The van der Waals surface area contributed by atoms with Crippen molar-refractivity contribution in [3.05, 3.63) is 239 Å². The molecule has 0 fully saturated rings. The highest BCUT2D eigenvalue weighted by Gasteiger charge is 2.45. The standard InChI is InChI=1S/C70H37N7O9/c1-2-73-53-17-7-6-12-43(53)50-34-40(24-31-54(50)73)74-62(78)44-25-20-38(32-51(44)66(74)82)41-13-8-15-48-59(41)68(84)75(64(48)80)55-29-22-35-19-28-47-56(30-23-36-18-27-46(55)57(35)58(36)47)76-65(81)49-16-9-14-42(60(49)69(76)85)39-21-26-45-52(33-39)67(83)77(63(45)79)70-72-71-61(86-70)37-10-4-3-5-11-37/h3-34H,2H2,1H3. The quantitative estimate of drug-likeness (QED) is 0.104. The van der Waals surface area contributed by atoms with Gasteiger partial charge in [-0.15, -0.1) is 5.10 Å². The van der Waals surface area contributed by atoms with Gasteiger partial charge in [-0.1, -0.05) is 114 Å². The van der Waals surface area contributed by atoms with Crippen LogP contribution in [-0.2, 0) is 6.54 Å². The predicted molar refractivity (Wildman–Crippen MR) is 323 cm³/mol. The van der Waals surface area contributed by atoms with Gasteiger partial charge in [-0.2, -0.15) is 4.90 Å². The molecule has 0 radical (unpaired) electrons. The average Bonchev–Trinajstić information content (AvgIpc) is 2.02. The van der Waals surface area contributed by atoms with Gasteiger partial charge in [-0.3, -0.25) is 38.4 Å². The number of benzene rings is 11. The topological polar surface area (TPSA) is 193 Å². The van der Waals surface area contributed by atoms with Crippen LogP contribution >= 0.6 is 0 Å². The van der Waals surface area contributed by atoms with Crippen molar-refractivity contribution in [1.82, 2.24) is 14.8 Å². The zero-order valence-corrected chi connectivity index (χ0v) is 45.0. The van der Waals surface area contributed by atoms with Gasteiger partial charge in [0.15, 0.2) is 0 Å². The van der Waals surface area contributed by atoms with E-state index in [-0.39, 0.29) is 56.4 Å². The minimum atomic E-state index is -0.695. The first-order valence-corrected chi connectivity index (χ1v) is 27.7. The fraction of sp³-hybridized carbons (Fsp3) is 0.0286. The molecule has 17 rings (SSSR count). The van der Waals surface area contributed by atoms with Gasteiger partial charge in [-0.05, 0) is 136 Å². The Labute approximate surface area is 485 Å². The molecule has 86 heavy (non-hydrogen) atoms. The molecule has 0 unspecified atom stereocenters. The van der Waals surface area contributed by atoms with E-state index in [0.29, 0.717) is 66.4 Å². The minimum absolute atomic E-state index is 0.0519. The number of nitrogens with zero attached hydrogens (tertiary/aromatic N) is 7. The first-order chi connectivity index (χ1) is 42.0. The maximum atomic E-state index is 15.1. The van der Waals surface area contributed by atoms with Crippen LogP contribution in [-0.4, -0.2) is 62.0 Å². The summed E-state index contributed by atoms with van der Waals surface area (Å²) < 4.78 is 7.98. The zero-order chi connectivity index (χ0) is 58.1. The Kier molecular flexibility index (Phi) is 9.90. The molecule has 6 heterocycles. The number of aromatic nitrogens is 3. The number of aryl methyl sites for hydroxylation is 1. The van der Waals surface area contributed by atoms with Gasteiger partial charge in [0.1, 0.15) is 0 Å². The summed E-state index contributed by atoms with van der Waals surface area (Å²) in [5, 5.41) is 14.0. The first kappa shape index (κ1) is 48.6. The van der Waals surface area contributed by atoms with Crippen molar-refractivity contribution in [2.45, 2.75) is 13.5 Å². The molecule has 4 aliphatic rings. The molecule has 11 aromatic carbocycles. The second kappa shape index (κ2) is 17.5. The molecule has 4 aliphatic heterocycles. The molecule has 8 amide bonds. The summed E-state index contributed by atoms with van der Waals surface area (Å²) in [5.74, 6) is -4.50. The van der Waals surface area contributed by atoms with Crippen LogP contribution in [0.15, 0.2) is 199 Å². The number of amides is 8. The molecular weight excluding hydrogens is 1080 g/mol. The molecule has 16 nitrogen and oxygen atoms in total. The van der Waals surface area contributed by atoms with E-state index >= 15 is 4.79 Å². The van der Waals surface area contributed by atoms with E-state index in [1.54, 1.807) is 103 Å². The second-order valence-corrected chi connectivity index (χ2v) is 21.6. The van der Waals surface area contributed by atoms with Crippen LogP contribution in [0.25, 0.3) is 87.8 Å².